The molecule has 1 amide bonds. The van der Waals surface area contributed by atoms with Gasteiger partial charge in [-0.15, -0.1) is 0 Å². The maximum atomic E-state index is 11.8. The number of nitriles is 1. The topological polar surface area (TPSA) is 102 Å². The minimum atomic E-state index is -0.902. The third-order valence-electron chi connectivity index (χ3n) is 2.95. The molecule has 1 aromatic carbocycles. The van der Waals surface area contributed by atoms with Crippen LogP contribution in [0, 0.1) is 11.3 Å². The molecule has 0 fully saturated rings. The second-order valence-electron chi connectivity index (χ2n) is 4.77. The monoisotopic (exact) mass is 340 g/mol. The van der Waals surface area contributed by atoms with Gasteiger partial charge in [0.15, 0.2) is 6.61 Å². The van der Waals surface area contributed by atoms with Crippen LogP contribution in [-0.2, 0) is 14.3 Å². The Morgan fingerprint density at radius 1 is 1.28 bits per heavy atom. The number of furan rings is 1. The van der Waals surface area contributed by atoms with Crippen molar-refractivity contribution in [3.8, 4) is 11.8 Å². The molecule has 7 heteroatoms. The third-order valence-corrected chi connectivity index (χ3v) is 2.95. The summed E-state index contributed by atoms with van der Waals surface area (Å²) in [6.07, 6.45) is 2.66. The average molecular weight is 340 g/mol. The number of carbonyl (C=O) groups excluding carboxylic acids is 2. The van der Waals surface area contributed by atoms with E-state index in [2.05, 4.69) is 5.32 Å². The minimum Gasteiger partial charge on any atom is -0.494 e. The van der Waals surface area contributed by atoms with Gasteiger partial charge >= 0.3 is 5.97 Å². The van der Waals surface area contributed by atoms with Gasteiger partial charge in [0.1, 0.15) is 23.2 Å². The summed E-state index contributed by atoms with van der Waals surface area (Å²) >= 11 is 0. The van der Waals surface area contributed by atoms with E-state index in [0.717, 1.165) is 0 Å². The highest BCUT2D eigenvalue weighted by Gasteiger charge is 2.14. The van der Waals surface area contributed by atoms with Crippen molar-refractivity contribution < 1.29 is 23.5 Å². The Bertz CT molecular complexity index is 786. The number of anilines is 1. The number of hydrogen-bond acceptors (Lipinski definition) is 6. The molecule has 1 heterocycles. The van der Waals surface area contributed by atoms with E-state index in [9.17, 15) is 9.59 Å². The first-order valence-electron chi connectivity index (χ1n) is 7.47. The molecule has 0 aliphatic rings. The Hall–Kier alpha value is -3.53. The fourth-order valence-electron chi connectivity index (χ4n) is 1.86. The van der Waals surface area contributed by atoms with E-state index in [4.69, 9.17) is 19.2 Å². The van der Waals surface area contributed by atoms with Crippen molar-refractivity contribution in [1.82, 2.24) is 0 Å². The van der Waals surface area contributed by atoms with Gasteiger partial charge in [0.05, 0.1) is 12.9 Å². The van der Waals surface area contributed by atoms with Gasteiger partial charge in [-0.25, -0.2) is 4.79 Å². The van der Waals surface area contributed by atoms with Crippen molar-refractivity contribution in [1.29, 1.82) is 5.26 Å². The number of carbonyl (C=O) groups is 2. The van der Waals surface area contributed by atoms with Gasteiger partial charge < -0.3 is 19.2 Å². The van der Waals surface area contributed by atoms with E-state index in [1.807, 2.05) is 6.92 Å². The number of benzene rings is 1. The number of ether oxygens (including phenoxy) is 2. The predicted octanol–water partition coefficient (Wildman–Crippen LogP) is 2.77. The lowest BCUT2D eigenvalue weighted by molar-refractivity contribution is -0.142. The quantitative estimate of drug-likeness (QED) is 0.472. The molecule has 25 heavy (non-hydrogen) atoms. The van der Waals surface area contributed by atoms with Crippen LogP contribution in [0.15, 0.2) is 52.7 Å². The van der Waals surface area contributed by atoms with Gasteiger partial charge in [0.25, 0.3) is 5.91 Å². The molecule has 0 saturated carbocycles. The Kier molecular flexibility index (Phi) is 6.37. The van der Waals surface area contributed by atoms with Crippen molar-refractivity contribution in [2.24, 2.45) is 0 Å². The van der Waals surface area contributed by atoms with Crippen molar-refractivity contribution in [3.05, 3.63) is 54.0 Å². The molecule has 1 N–H and O–H groups in total. The fraction of sp³-hybridized carbons (Fsp3) is 0.167. The summed E-state index contributed by atoms with van der Waals surface area (Å²) in [5.41, 5.74) is 0.278. The molecular weight excluding hydrogens is 324 g/mol. The van der Waals surface area contributed by atoms with Crippen LogP contribution in [0.4, 0.5) is 5.69 Å². The first-order valence-corrected chi connectivity index (χ1v) is 7.47. The SMILES string of the molecule is CCOc1ccc(NC(=O)COC(=O)/C(C#N)=C/c2ccco2)cc1. The van der Waals surface area contributed by atoms with Crippen molar-refractivity contribution >= 4 is 23.6 Å². The molecule has 0 bridgehead atoms. The Balaban J connectivity index is 1.86. The Labute approximate surface area is 144 Å². The average Bonchev–Trinajstić information content (AvgIpc) is 3.12. The van der Waals surface area contributed by atoms with E-state index < -0.39 is 18.5 Å². The molecular formula is C18H16N2O5. The molecule has 0 aliphatic carbocycles. The van der Waals surface area contributed by atoms with Crippen LogP contribution < -0.4 is 10.1 Å². The van der Waals surface area contributed by atoms with Crippen molar-refractivity contribution in [3.63, 3.8) is 0 Å². The smallest absolute Gasteiger partial charge is 0.349 e. The summed E-state index contributed by atoms with van der Waals surface area (Å²) in [5.74, 6) is -0.394. The second kappa shape index (κ2) is 8.93. The fourth-order valence-corrected chi connectivity index (χ4v) is 1.86. The van der Waals surface area contributed by atoms with E-state index >= 15 is 0 Å². The van der Waals surface area contributed by atoms with Gasteiger partial charge in [-0.3, -0.25) is 4.79 Å². The van der Waals surface area contributed by atoms with Crippen LogP contribution in [0.5, 0.6) is 5.75 Å². The maximum absolute atomic E-state index is 11.8. The van der Waals surface area contributed by atoms with Crippen LogP contribution in [0.3, 0.4) is 0 Å². The van der Waals surface area contributed by atoms with E-state index in [-0.39, 0.29) is 5.57 Å². The minimum absolute atomic E-state index is 0.260. The highest BCUT2D eigenvalue weighted by molar-refractivity contribution is 5.99. The van der Waals surface area contributed by atoms with Gasteiger partial charge in [-0.05, 0) is 43.3 Å². The summed E-state index contributed by atoms with van der Waals surface area (Å²) in [7, 11) is 0. The molecule has 128 valence electrons. The molecule has 2 aromatic rings. The van der Waals surface area contributed by atoms with Crippen molar-refractivity contribution in [2.75, 3.05) is 18.5 Å². The molecule has 7 nitrogen and oxygen atoms in total. The number of esters is 1. The number of nitrogens with one attached hydrogen (secondary N) is 1. The third kappa shape index (κ3) is 5.55. The molecule has 0 radical (unpaired) electrons. The first-order chi connectivity index (χ1) is 12.1. The van der Waals surface area contributed by atoms with Crippen molar-refractivity contribution in [2.45, 2.75) is 6.92 Å². The highest BCUT2D eigenvalue weighted by Crippen LogP contribution is 2.15. The predicted molar refractivity (Wildman–Crippen MR) is 89.5 cm³/mol. The van der Waals surface area contributed by atoms with Crippen LogP contribution in [0.2, 0.25) is 0 Å². The standard InChI is InChI=1S/C18H16N2O5/c1-2-23-15-7-5-14(6-8-15)20-17(21)12-25-18(22)13(11-19)10-16-4-3-9-24-16/h3-10H,2,12H2,1H3,(H,20,21)/b13-10+. The van der Waals surface area contributed by atoms with Crippen LogP contribution in [0.1, 0.15) is 12.7 Å². The summed E-state index contributed by atoms with van der Waals surface area (Å²) in [4.78, 5) is 23.6. The summed E-state index contributed by atoms with van der Waals surface area (Å²) in [6, 6.07) is 11.7. The second-order valence-corrected chi connectivity index (χ2v) is 4.77. The van der Waals surface area contributed by atoms with Gasteiger partial charge in [-0.1, -0.05) is 0 Å². The Morgan fingerprint density at radius 2 is 2.04 bits per heavy atom. The number of hydrogen-bond donors (Lipinski definition) is 1. The van der Waals surface area contributed by atoms with Gasteiger partial charge in [0, 0.05) is 11.8 Å². The van der Waals surface area contributed by atoms with Gasteiger partial charge in [0.2, 0.25) is 0 Å². The van der Waals surface area contributed by atoms with E-state index in [0.29, 0.717) is 23.8 Å². The summed E-state index contributed by atoms with van der Waals surface area (Å²) in [5, 5.41) is 11.6. The molecule has 0 saturated heterocycles. The molecule has 1 aromatic heterocycles. The molecule has 0 spiro atoms. The van der Waals surface area contributed by atoms with E-state index in [1.165, 1.54) is 12.3 Å². The molecule has 0 unspecified atom stereocenters. The van der Waals surface area contributed by atoms with Crippen LogP contribution in [-0.4, -0.2) is 25.1 Å². The zero-order valence-electron chi connectivity index (χ0n) is 13.5. The lowest BCUT2D eigenvalue weighted by Crippen LogP contribution is -2.21. The highest BCUT2D eigenvalue weighted by atomic mass is 16.5. The summed E-state index contributed by atoms with van der Waals surface area (Å²) < 4.78 is 15.2. The largest absolute Gasteiger partial charge is 0.494 e. The van der Waals surface area contributed by atoms with E-state index in [1.54, 1.807) is 42.5 Å². The molecule has 0 aliphatic heterocycles. The normalized spacial score (nSPS) is 10.6. The molecule has 2 rings (SSSR count). The Morgan fingerprint density at radius 3 is 2.64 bits per heavy atom. The first kappa shape index (κ1) is 17.8. The van der Waals surface area contributed by atoms with Crippen LogP contribution >= 0.6 is 0 Å². The number of rotatable bonds is 7. The lowest BCUT2D eigenvalue weighted by Gasteiger charge is -2.07. The number of amides is 1. The maximum Gasteiger partial charge on any atom is 0.349 e. The zero-order valence-corrected chi connectivity index (χ0v) is 13.5. The zero-order chi connectivity index (χ0) is 18.1. The number of nitrogens with zero attached hydrogens (tertiary/aromatic N) is 1. The van der Waals surface area contributed by atoms with Crippen LogP contribution in [0.25, 0.3) is 6.08 Å². The summed E-state index contributed by atoms with van der Waals surface area (Å²) in [6.45, 7) is 1.91. The van der Waals surface area contributed by atoms with Gasteiger partial charge in [-0.2, -0.15) is 5.26 Å². The lowest BCUT2D eigenvalue weighted by atomic mass is 10.2. The molecule has 0 atom stereocenters.